The molecule has 0 radical (unpaired) electrons. The Morgan fingerprint density at radius 3 is 2.88 bits per heavy atom. The molecule has 0 saturated heterocycles. The minimum atomic E-state index is -0.160. The second kappa shape index (κ2) is 4.81. The summed E-state index contributed by atoms with van der Waals surface area (Å²) in [6.45, 7) is 4.58. The van der Waals surface area contributed by atoms with Crippen LogP contribution in [0.25, 0.3) is 0 Å². The number of aliphatic hydroxyl groups is 1. The Labute approximate surface area is 104 Å². The molecule has 0 amide bonds. The fraction of sp³-hybridized carbons (Fsp3) is 0.786. The van der Waals surface area contributed by atoms with Crippen molar-refractivity contribution in [2.75, 3.05) is 0 Å². The predicted octanol–water partition coefficient (Wildman–Crippen LogP) is 2.54. The first-order chi connectivity index (χ1) is 7.99. The molecule has 0 aliphatic heterocycles. The minimum absolute atomic E-state index is 0.160. The number of hydrogen-bond acceptors (Lipinski definition) is 2. The largest absolute Gasteiger partial charge is 0.393 e. The summed E-state index contributed by atoms with van der Waals surface area (Å²) in [5.41, 5.74) is 1.54. The van der Waals surface area contributed by atoms with E-state index < -0.39 is 0 Å². The highest BCUT2D eigenvalue weighted by molar-refractivity contribution is 5.04. The van der Waals surface area contributed by atoms with Gasteiger partial charge < -0.3 is 5.11 Å². The van der Waals surface area contributed by atoms with Gasteiger partial charge >= 0.3 is 0 Å². The monoisotopic (exact) mass is 236 g/mol. The first-order valence-electron chi connectivity index (χ1n) is 6.64. The zero-order chi connectivity index (χ0) is 12.5. The van der Waals surface area contributed by atoms with Gasteiger partial charge in [0.2, 0.25) is 0 Å². The lowest BCUT2D eigenvalue weighted by Gasteiger charge is -2.31. The Balaban J connectivity index is 1.87. The summed E-state index contributed by atoms with van der Waals surface area (Å²) >= 11 is 0. The first-order valence-corrected chi connectivity index (χ1v) is 6.64. The molecule has 1 aromatic heterocycles. The minimum Gasteiger partial charge on any atom is -0.393 e. The lowest BCUT2D eigenvalue weighted by molar-refractivity contribution is 0.0478. The Hall–Kier alpha value is -0.830. The SMILES string of the molecule is Cn1cc(CCC(O)C2CCCC2(C)C)cn1. The number of hydrogen-bond donors (Lipinski definition) is 1. The van der Waals surface area contributed by atoms with Gasteiger partial charge in [0, 0.05) is 13.2 Å². The Kier molecular flexibility index (Phi) is 3.57. The van der Waals surface area contributed by atoms with E-state index in [0.717, 1.165) is 12.8 Å². The van der Waals surface area contributed by atoms with Crippen molar-refractivity contribution in [2.24, 2.45) is 18.4 Å². The molecular weight excluding hydrogens is 212 g/mol. The summed E-state index contributed by atoms with van der Waals surface area (Å²) in [6, 6.07) is 0. The van der Waals surface area contributed by atoms with E-state index in [0.29, 0.717) is 11.3 Å². The van der Waals surface area contributed by atoms with Crippen LogP contribution in [0, 0.1) is 11.3 Å². The van der Waals surface area contributed by atoms with E-state index in [-0.39, 0.29) is 6.10 Å². The molecule has 2 atom stereocenters. The molecule has 2 rings (SSSR count). The molecule has 1 aromatic rings. The molecular formula is C14H24N2O. The maximum Gasteiger partial charge on any atom is 0.0576 e. The summed E-state index contributed by atoms with van der Waals surface area (Å²) in [7, 11) is 1.93. The topological polar surface area (TPSA) is 38.0 Å². The molecule has 96 valence electrons. The average Bonchev–Trinajstić information content (AvgIpc) is 2.81. The van der Waals surface area contributed by atoms with E-state index in [1.807, 2.05) is 24.1 Å². The molecule has 1 heterocycles. The molecule has 1 aliphatic rings. The number of rotatable bonds is 4. The summed E-state index contributed by atoms with van der Waals surface area (Å²) < 4.78 is 1.82. The summed E-state index contributed by atoms with van der Waals surface area (Å²) in [4.78, 5) is 0. The molecule has 3 heteroatoms. The summed E-state index contributed by atoms with van der Waals surface area (Å²) in [6.07, 6.45) is 9.26. The molecule has 0 spiro atoms. The van der Waals surface area contributed by atoms with E-state index in [1.54, 1.807) is 0 Å². The number of nitrogens with zero attached hydrogens (tertiary/aromatic N) is 2. The lowest BCUT2D eigenvalue weighted by atomic mass is 9.77. The predicted molar refractivity (Wildman–Crippen MR) is 68.7 cm³/mol. The van der Waals surface area contributed by atoms with Crippen molar-refractivity contribution in [1.82, 2.24) is 9.78 Å². The van der Waals surface area contributed by atoms with Gasteiger partial charge in [0.25, 0.3) is 0 Å². The van der Waals surface area contributed by atoms with Gasteiger partial charge in [0.1, 0.15) is 0 Å². The van der Waals surface area contributed by atoms with Crippen molar-refractivity contribution >= 4 is 0 Å². The average molecular weight is 236 g/mol. The van der Waals surface area contributed by atoms with Crippen LogP contribution >= 0.6 is 0 Å². The van der Waals surface area contributed by atoms with Gasteiger partial charge in [-0.15, -0.1) is 0 Å². The molecule has 0 aromatic carbocycles. The van der Waals surface area contributed by atoms with Crippen molar-refractivity contribution in [3.63, 3.8) is 0 Å². The fourth-order valence-electron chi connectivity index (χ4n) is 3.18. The van der Waals surface area contributed by atoms with Crippen LogP contribution in [-0.2, 0) is 13.5 Å². The van der Waals surface area contributed by atoms with Crippen molar-refractivity contribution in [2.45, 2.75) is 52.1 Å². The number of aliphatic hydroxyl groups excluding tert-OH is 1. The first kappa shape index (κ1) is 12.6. The van der Waals surface area contributed by atoms with Crippen molar-refractivity contribution in [1.29, 1.82) is 0 Å². The molecule has 2 unspecified atom stereocenters. The Bertz CT molecular complexity index is 370. The van der Waals surface area contributed by atoms with Gasteiger partial charge in [-0.3, -0.25) is 4.68 Å². The molecule has 1 fully saturated rings. The van der Waals surface area contributed by atoms with Crippen LogP contribution in [0.3, 0.4) is 0 Å². The van der Waals surface area contributed by atoms with Crippen molar-refractivity contribution in [3.05, 3.63) is 18.0 Å². The normalized spacial score (nSPS) is 25.1. The number of aromatic nitrogens is 2. The summed E-state index contributed by atoms with van der Waals surface area (Å²) in [5.74, 6) is 0.471. The smallest absolute Gasteiger partial charge is 0.0576 e. The van der Waals surface area contributed by atoms with Crippen LogP contribution in [0.1, 0.15) is 45.1 Å². The number of aryl methyl sites for hydroxylation is 2. The summed E-state index contributed by atoms with van der Waals surface area (Å²) in [5, 5.41) is 14.5. The standard InChI is InChI=1S/C14H24N2O/c1-14(2)8-4-5-12(14)13(17)7-6-11-9-15-16(3)10-11/h9-10,12-13,17H,4-8H2,1-3H3. The Morgan fingerprint density at radius 1 is 1.59 bits per heavy atom. The highest BCUT2D eigenvalue weighted by Gasteiger charge is 2.38. The lowest BCUT2D eigenvalue weighted by Crippen LogP contribution is -2.30. The zero-order valence-electron chi connectivity index (χ0n) is 11.2. The van der Waals surface area contributed by atoms with Crippen molar-refractivity contribution in [3.8, 4) is 0 Å². The third-order valence-corrected chi connectivity index (χ3v) is 4.29. The van der Waals surface area contributed by atoms with Crippen LogP contribution in [-0.4, -0.2) is 21.0 Å². The van der Waals surface area contributed by atoms with Gasteiger partial charge in [0.15, 0.2) is 0 Å². The van der Waals surface area contributed by atoms with E-state index >= 15 is 0 Å². The molecule has 1 aliphatic carbocycles. The molecule has 17 heavy (non-hydrogen) atoms. The Morgan fingerprint density at radius 2 is 2.35 bits per heavy atom. The van der Waals surface area contributed by atoms with E-state index in [9.17, 15) is 5.11 Å². The molecule has 0 bridgehead atoms. The third-order valence-electron chi connectivity index (χ3n) is 4.29. The zero-order valence-corrected chi connectivity index (χ0v) is 11.2. The maximum atomic E-state index is 10.3. The van der Waals surface area contributed by atoms with Crippen LogP contribution in [0.15, 0.2) is 12.4 Å². The van der Waals surface area contributed by atoms with Crippen LogP contribution < -0.4 is 0 Å². The highest BCUT2D eigenvalue weighted by atomic mass is 16.3. The van der Waals surface area contributed by atoms with Crippen molar-refractivity contribution < 1.29 is 5.11 Å². The molecule has 3 nitrogen and oxygen atoms in total. The fourth-order valence-corrected chi connectivity index (χ4v) is 3.18. The maximum absolute atomic E-state index is 10.3. The third kappa shape index (κ3) is 2.89. The van der Waals surface area contributed by atoms with E-state index in [2.05, 4.69) is 18.9 Å². The van der Waals surface area contributed by atoms with Crippen LogP contribution in [0.5, 0.6) is 0 Å². The molecule has 1 N–H and O–H groups in total. The second-order valence-corrected chi connectivity index (χ2v) is 6.12. The molecule has 1 saturated carbocycles. The van der Waals surface area contributed by atoms with Crippen LogP contribution in [0.2, 0.25) is 0 Å². The van der Waals surface area contributed by atoms with E-state index in [1.165, 1.54) is 24.8 Å². The van der Waals surface area contributed by atoms with Gasteiger partial charge in [0.05, 0.1) is 12.3 Å². The van der Waals surface area contributed by atoms with Gasteiger partial charge in [-0.25, -0.2) is 0 Å². The second-order valence-electron chi connectivity index (χ2n) is 6.12. The van der Waals surface area contributed by atoms with E-state index in [4.69, 9.17) is 0 Å². The van der Waals surface area contributed by atoms with Gasteiger partial charge in [-0.05, 0) is 42.6 Å². The van der Waals surface area contributed by atoms with Crippen LogP contribution in [0.4, 0.5) is 0 Å². The van der Waals surface area contributed by atoms with Gasteiger partial charge in [-0.1, -0.05) is 20.3 Å². The van der Waals surface area contributed by atoms with Gasteiger partial charge in [-0.2, -0.15) is 5.10 Å². The highest BCUT2D eigenvalue weighted by Crippen LogP contribution is 2.45. The quantitative estimate of drug-likeness (QED) is 0.872.